The number of phenols is 1. The van der Waals surface area contributed by atoms with Gasteiger partial charge in [0.2, 0.25) is 5.95 Å². The Morgan fingerprint density at radius 1 is 1.28 bits per heavy atom. The number of nitrogens with two attached hydrogens (primary N) is 2. The number of aromatic nitrogens is 2. The third kappa shape index (κ3) is 2.42. The van der Waals surface area contributed by atoms with Gasteiger partial charge in [-0.3, -0.25) is 0 Å². The zero-order valence-corrected chi connectivity index (χ0v) is 9.92. The SMILES string of the molecule is COc1cc(O)ccc1Cc1cnc(N)nc1N. The minimum absolute atomic E-state index is 0.147. The molecule has 0 spiro atoms. The topological polar surface area (TPSA) is 107 Å². The third-order valence-electron chi connectivity index (χ3n) is 2.57. The Hall–Kier alpha value is -2.50. The van der Waals surface area contributed by atoms with Crippen LogP contribution < -0.4 is 16.2 Å². The molecule has 0 saturated heterocycles. The van der Waals surface area contributed by atoms with Crippen molar-refractivity contribution in [2.24, 2.45) is 0 Å². The fourth-order valence-corrected chi connectivity index (χ4v) is 1.65. The Labute approximate surface area is 104 Å². The molecule has 0 aliphatic heterocycles. The first kappa shape index (κ1) is 12.0. The quantitative estimate of drug-likeness (QED) is 0.744. The first-order chi connectivity index (χ1) is 8.60. The molecule has 6 nitrogen and oxygen atoms in total. The Balaban J connectivity index is 2.33. The van der Waals surface area contributed by atoms with Crippen LogP contribution in [0.2, 0.25) is 0 Å². The number of benzene rings is 1. The molecule has 0 unspecified atom stereocenters. The first-order valence-corrected chi connectivity index (χ1v) is 5.33. The van der Waals surface area contributed by atoms with E-state index in [1.165, 1.54) is 0 Å². The molecule has 0 bridgehead atoms. The van der Waals surface area contributed by atoms with E-state index in [9.17, 15) is 5.11 Å². The van der Waals surface area contributed by atoms with E-state index < -0.39 is 0 Å². The van der Waals surface area contributed by atoms with E-state index in [4.69, 9.17) is 16.2 Å². The Morgan fingerprint density at radius 3 is 2.72 bits per heavy atom. The number of ether oxygens (including phenoxy) is 1. The van der Waals surface area contributed by atoms with Crippen LogP contribution in [0.1, 0.15) is 11.1 Å². The average Bonchev–Trinajstić information content (AvgIpc) is 2.34. The van der Waals surface area contributed by atoms with Gasteiger partial charge in [-0.15, -0.1) is 0 Å². The largest absolute Gasteiger partial charge is 0.508 e. The summed E-state index contributed by atoms with van der Waals surface area (Å²) in [5.74, 6) is 1.23. The monoisotopic (exact) mass is 246 g/mol. The van der Waals surface area contributed by atoms with E-state index in [2.05, 4.69) is 9.97 Å². The number of phenolic OH excluding ortho intramolecular Hbond substituents is 1. The number of nitrogens with zero attached hydrogens (tertiary/aromatic N) is 2. The van der Waals surface area contributed by atoms with Crippen molar-refractivity contribution in [1.82, 2.24) is 9.97 Å². The lowest BCUT2D eigenvalue weighted by Crippen LogP contribution is -2.04. The van der Waals surface area contributed by atoms with Gasteiger partial charge in [-0.05, 0) is 11.6 Å². The highest BCUT2D eigenvalue weighted by atomic mass is 16.5. The molecule has 2 rings (SSSR count). The number of anilines is 2. The number of nitrogen functional groups attached to an aromatic ring is 2. The van der Waals surface area contributed by atoms with E-state index in [1.807, 2.05) is 0 Å². The number of hydrogen-bond donors (Lipinski definition) is 3. The maximum absolute atomic E-state index is 9.38. The molecule has 94 valence electrons. The molecule has 1 aromatic heterocycles. The zero-order chi connectivity index (χ0) is 13.1. The molecule has 1 aromatic carbocycles. The van der Waals surface area contributed by atoms with Crippen LogP contribution in [0.15, 0.2) is 24.4 Å². The Morgan fingerprint density at radius 2 is 2.06 bits per heavy atom. The number of aromatic hydroxyl groups is 1. The second-order valence-electron chi connectivity index (χ2n) is 3.81. The Kier molecular flexibility index (Phi) is 3.18. The molecule has 0 amide bonds. The van der Waals surface area contributed by atoms with Gasteiger partial charge in [0.05, 0.1) is 7.11 Å². The molecule has 0 fully saturated rings. The average molecular weight is 246 g/mol. The predicted molar refractivity (Wildman–Crippen MR) is 68.3 cm³/mol. The van der Waals surface area contributed by atoms with E-state index in [0.717, 1.165) is 11.1 Å². The van der Waals surface area contributed by atoms with E-state index in [-0.39, 0.29) is 11.7 Å². The molecule has 0 aliphatic carbocycles. The summed E-state index contributed by atoms with van der Waals surface area (Å²) < 4.78 is 5.20. The molecular weight excluding hydrogens is 232 g/mol. The first-order valence-electron chi connectivity index (χ1n) is 5.33. The van der Waals surface area contributed by atoms with Gasteiger partial charge in [-0.25, -0.2) is 4.98 Å². The maximum atomic E-state index is 9.38. The van der Waals surface area contributed by atoms with E-state index in [1.54, 1.807) is 31.5 Å². The number of rotatable bonds is 3. The van der Waals surface area contributed by atoms with Gasteiger partial charge in [-0.1, -0.05) is 6.07 Å². The summed E-state index contributed by atoms with van der Waals surface area (Å²) in [6, 6.07) is 4.90. The standard InChI is InChI=1S/C12H14N4O2/c1-18-10-5-9(17)3-2-7(10)4-8-6-15-12(14)16-11(8)13/h2-3,5-6,17H,4H2,1H3,(H4,13,14,15,16). The van der Waals surface area contributed by atoms with Crippen LogP contribution in [0.5, 0.6) is 11.5 Å². The summed E-state index contributed by atoms with van der Waals surface area (Å²) in [6.45, 7) is 0. The normalized spacial score (nSPS) is 10.3. The molecule has 0 atom stereocenters. The van der Waals surface area contributed by atoms with Crippen molar-refractivity contribution in [3.05, 3.63) is 35.5 Å². The van der Waals surface area contributed by atoms with Crippen molar-refractivity contribution in [2.75, 3.05) is 18.6 Å². The number of methoxy groups -OCH3 is 1. The molecule has 6 heteroatoms. The summed E-state index contributed by atoms with van der Waals surface area (Å²) in [4.78, 5) is 7.80. The highest BCUT2D eigenvalue weighted by Gasteiger charge is 2.09. The lowest BCUT2D eigenvalue weighted by Gasteiger charge is -2.10. The van der Waals surface area contributed by atoms with Crippen LogP contribution in [0.3, 0.4) is 0 Å². The lowest BCUT2D eigenvalue weighted by molar-refractivity contribution is 0.403. The van der Waals surface area contributed by atoms with Crippen LogP contribution >= 0.6 is 0 Å². The minimum Gasteiger partial charge on any atom is -0.508 e. The molecule has 18 heavy (non-hydrogen) atoms. The van der Waals surface area contributed by atoms with E-state index >= 15 is 0 Å². The van der Waals surface area contributed by atoms with Crippen LogP contribution in [0, 0.1) is 0 Å². The van der Waals surface area contributed by atoms with Gasteiger partial charge in [0.1, 0.15) is 17.3 Å². The van der Waals surface area contributed by atoms with Crippen LogP contribution in [-0.2, 0) is 6.42 Å². The molecule has 0 radical (unpaired) electrons. The van der Waals surface area contributed by atoms with Crippen molar-refractivity contribution in [3.8, 4) is 11.5 Å². The smallest absolute Gasteiger partial charge is 0.221 e. The molecule has 0 aliphatic rings. The van der Waals surface area contributed by atoms with Crippen molar-refractivity contribution in [2.45, 2.75) is 6.42 Å². The summed E-state index contributed by atoms with van der Waals surface area (Å²) in [7, 11) is 1.54. The predicted octanol–water partition coefficient (Wildman–Crippen LogP) is 0.946. The molecular formula is C12H14N4O2. The maximum Gasteiger partial charge on any atom is 0.221 e. The van der Waals surface area contributed by atoms with Crippen molar-refractivity contribution < 1.29 is 9.84 Å². The van der Waals surface area contributed by atoms with Gasteiger partial charge >= 0.3 is 0 Å². The van der Waals surface area contributed by atoms with Crippen molar-refractivity contribution in [1.29, 1.82) is 0 Å². The van der Waals surface area contributed by atoms with Crippen LogP contribution in [0.25, 0.3) is 0 Å². The minimum atomic E-state index is 0.147. The zero-order valence-electron chi connectivity index (χ0n) is 9.92. The second-order valence-corrected chi connectivity index (χ2v) is 3.81. The van der Waals surface area contributed by atoms with E-state index in [0.29, 0.717) is 18.0 Å². The van der Waals surface area contributed by atoms with Gasteiger partial charge in [0.25, 0.3) is 0 Å². The molecule has 0 saturated carbocycles. The molecule has 5 N–H and O–H groups in total. The summed E-state index contributed by atoms with van der Waals surface area (Å²) in [6.07, 6.45) is 2.10. The Bertz CT molecular complexity index is 572. The summed E-state index contributed by atoms with van der Waals surface area (Å²) >= 11 is 0. The van der Waals surface area contributed by atoms with Gasteiger partial charge in [-0.2, -0.15) is 4.98 Å². The van der Waals surface area contributed by atoms with Gasteiger partial charge in [0, 0.05) is 24.2 Å². The number of hydrogen-bond acceptors (Lipinski definition) is 6. The summed E-state index contributed by atoms with van der Waals surface area (Å²) in [5.41, 5.74) is 12.8. The van der Waals surface area contributed by atoms with Crippen LogP contribution in [-0.4, -0.2) is 22.2 Å². The fraction of sp³-hybridized carbons (Fsp3) is 0.167. The van der Waals surface area contributed by atoms with Crippen molar-refractivity contribution in [3.63, 3.8) is 0 Å². The highest BCUT2D eigenvalue weighted by Crippen LogP contribution is 2.26. The van der Waals surface area contributed by atoms with Gasteiger partial charge in [0.15, 0.2) is 0 Å². The third-order valence-corrected chi connectivity index (χ3v) is 2.57. The van der Waals surface area contributed by atoms with Crippen LogP contribution in [0.4, 0.5) is 11.8 Å². The second kappa shape index (κ2) is 4.79. The highest BCUT2D eigenvalue weighted by molar-refractivity contribution is 5.48. The van der Waals surface area contributed by atoms with Gasteiger partial charge < -0.3 is 21.3 Å². The molecule has 1 heterocycles. The van der Waals surface area contributed by atoms with Crippen molar-refractivity contribution >= 4 is 11.8 Å². The molecule has 2 aromatic rings. The summed E-state index contributed by atoms with van der Waals surface area (Å²) in [5, 5.41) is 9.38. The fourth-order valence-electron chi connectivity index (χ4n) is 1.65. The lowest BCUT2D eigenvalue weighted by atomic mass is 10.1.